The number of nitrogens with one attached hydrogen (secondary N) is 1. The maximum absolute atomic E-state index is 12.7. The van der Waals surface area contributed by atoms with Crippen LogP contribution < -0.4 is 5.32 Å². The molecule has 2 heterocycles. The Bertz CT molecular complexity index is 688. The second-order valence-electron chi connectivity index (χ2n) is 5.98. The van der Waals surface area contributed by atoms with Crippen molar-refractivity contribution in [3.63, 3.8) is 0 Å². The second-order valence-corrected chi connectivity index (χ2v) is 6.93. The molecular formula is C16H18F3N3OS. The Morgan fingerprint density at radius 3 is 2.67 bits per heavy atom. The Labute approximate surface area is 141 Å². The number of carbonyl (C=O) groups is 1. The van der Waals surface area contributed by atoms with Gasteiger partial charge < -0.3 is 5.32 Å². The van der Waals surface area contributed by atoms with Crippen LogP contribution in [0, 0.1) is 0 Å². The smallest absolute Gasteiger partial charge is 0.353 e. The molecule has 0 aromatic carbocycles. The largest absolute Gasteiger partial charge is 0.435 e. The Hall–Kier alpha value is -1.83. The van der Waals surface area contributed by atoms with Crippen molar-refractivity contribution in [3.05, 3.63) is 40.3 Å². The molecule has 1 aliphatic carbocycles. The lowest BCUT2D eigenvalue weighted by Gasteiger charge is -2.26. The summed E-state index contributed by atoms with van der Waals surface area (Å²) in [7, 11) is 0. The topological polar surface area (TPSA) is 46.9 Å². The average Bonchev–Trinajstić information content (AvgIpc) is 3.27. The molecule has 0 bridgehead atoms. The molecule has 4 nitrogen and oxygen atoms in total. The first-order chi connectivity index (χ1) is 11.4. The lowest BCUT2D eigenvalue weighted by atomic mass is 9.83. The van der Waals surface area contributed by atoms with Gasteiger partial charge in [-0.2, -0.15) is 18.3 Å². The van der Waals surface area contributed by atoms with E-state index in [9.17, 15) is 18.0 Å². The quantitative estimate of drug-likeness (QED) is 0.889. The molecule has 8 heteroatoms. The molecule has 0 unspecified atom stereocenters. The Morgan fingerprint density at radius 2 is 2.08 bits per heavy atom. The fourth-order valence-corrected chi connectivity index (χ4v) is 4.19. The van der Waals surface area contributed by atoms with Gasteiger partial charge in [0.1, 0.15) is 0 Å². The molecule has 130 valence electrons. The molecular weight excluding hydrogens is 339 g/mol. The molecule has 2 aromatic heterocycles. The molecule has 0 aliphatic heterocycles. The predicted octanol–water partition coefficient (Wildman–Crippen LogP) is 3.59. The molecule has 1 aliphatic rings. The predicted molar refractivity (Wildman–Crippen MR) is 84.7 cm³/mol. The summed E-state index contributed by atoms with van der Waals surface area (Å²) in [6, 6.07) is 4.86. The van der Waals surface area contributed by atoms with E-state index in [1.807, 2.05) is 17.5 Å². The number of aromatic nitrogens is 2. The van der Waals surface area contributed by atoms with Crippen LogP contribution in [0.2, 0.25) is 0 Å². The number of hydrogen-bond acceptors (Lipinski definition) is 3. The molecule has 0 spiro atoms. The van der Waals surface area contributed by atoms with E-state index in [4.69, 9.17) is 0 Å². The van der Waals surface area contributed by atoms with Gasteiger partial charge in [-0.3, -0.25) is 9.48 Å². The highest BCUT2D eigenvalue weighted by Crippen LogP contribution is 2.43. The van der Waals surface area contributed by atoms with Gasteiger partial charge in [0.05, 0.1) is 12.0 Å². The van der Waals surface area contributed by atoms with E-state index in [-0.39, 0.29) is 19.0 Å². The van der Waals surface area contributed by atoms with E-state index in [1.165, 1.54) is 10.9 Å². The van der Waals surface area contributed by atoms with Crippen LogP contribution >= 0.6 is 11.3 Å². The van der Waals surface area contributed by atoms with E-state index in [0.29, 0.717) is 0 Å². The number of nitrogens with zero attached hydrogens (tertiary/aromatic N) is 2. The SMILES string of the molecule is O=C(NCCn1ccc(C(F)(F)F)n1)C1(c2cccs2)CCCC1. The first kappa shape index (κ1) is 17.0. The van der Waals surface area contributed by atoms with E-state index in [0.717, 1.165) is 36.6 Å². The number of rotatable bonds is 5. The Kier molecular flexibility index (Phi) is 4.67. The molecule has 0 radical (unpaired) electrons. The number of alkyl halides is 3. The van der Waals surface area contributed by atoms with Gasteiger partial charge in [-0.1, -0.05) is 18.9 Å². The minimum Gasteiger partial charge on any atom is -0.353 e. The third-order valence-corrected chi connectivity index (χ3v) is 5.52. The van der Waals surface area contributed by atoms with Crippen molar-refractivity contribution >= 4 is 17.2 Å². The zero-order chi connectivity index (χ0) is 17.2. The number of halogens is 3. The van der Waals surface area contributed by atoms with Gasteiger partial charge >= 0.3 is 6.18 Å². The molecule has 3 rings (SSSR count). The molecule has 2 aromatic rings. The summed E-state index contributed by atoms with van der Waals surface area (Å²) >= 11 is 1.58. The van der Waals surface area contributed by atoms with E-state index in [2.05, 4.69) is 10.4 Å². The summed E-state index contributed by atoms with van der Waals surface area (Å²) in [5, 5.41) is 8.32. The van der Waals surface area contributed by atoms with E-state index in [1.54, 1.807) is 11.3 Å². The summed E-state index contributed by atoms with van der Waals surface area (Å²) in [4.78, 5) is 13.8. The average molecular weight is 357 g/mol. The van der Waals surface area contributed by atoms with Crippen LogP contribution in [0.5, 0.6) is 0 Å². The van der Waals surface area contributed by atoms with E-state index < -0.39 is 17.3 Å². The van der Waals surface area contributed by atoms with Crippen LogP contribution in [0.15, 0.2) is 29.8 Å². The number of thiophene rings is 1. The monoisotopic (exact) mass is 357 g/mol. The van der Waals surface area contributed by atoms with Crippen LogP contribution in [0.4, 0.5) is 13.2 Å². The summed E-state index contributed by atoms with van der Waals surface area (Å²) in [6.45, 7) is 0.466. The van der Waals surface area contributed by atoms with Crippen LogP contribution in [0.3, 0.4) is 0 Å². The number of hydrogen-bond donors (Lipinski definition) is 1. The highest BCUT2D eigenvalue weighted by molar-refractivity contribution is 7.10. The van der Waals surface area contributed by atoms with Gasteiger partial charge in [-0.15, -0.1) is 11.3 Å². The minimum atomic E-state index is -4.44. The molecule has 1 N–H and O–H groups in total. The zero-order valence-electron chi connectivity index (χ0n) is 13.0. The van der Waals surface area contributed by atoms with Gasteiger partial charge in [-0.25, -0.2) is 0 Å². The van der Waals surface area contributed by atoms with Crippen molar-refractivity contribution in [1.82, 2.24) is 15.1 Å². The molecule has 1 saturated carbocycles. The van der Waals surface area contributed by atoms with Crippen molar-refractivity contribution in [3.8, 4) is 0 Å². The lowest BCUT2D eigenvalue weighted by Crippen LogP contribution is -2.43. The van der Waals surface area contributed by atoms with Gasteiger partial charge in [0.15, 0.2) is 5.69 Å². The molecule has 1 fully saturated rings. The third-order valence-electron chi connectivity index (χ3n) is 4.44. The van der Waals surface area contributed by atoms with Crippen LogP contribution in [-0.4, -0.2) is 22.2 Å². The number of amides is 1. The van der Waals surface area contributed by atoms with Gasteiger partial charge in [0.2, 0.25) is 5.91 Å². The maximum Gasteiger partial charge on any atom is 0.435 e. The van der Waals surface area contributed by atoms with Crippen molar-refractivity contribution in [2.45, 2.75) is 43.8 Å². The molecule has 0 saturated heterocycles. The van der Waals surface area contributed by atoms with Crippen molar-refractivity contribution in [1.29, 1.82) is 0 Å². The highest BCUT2D eigenvalue weighted by atomic mass is 32.1. The third kappa shape index (κ3) is 3.33. The highest BCUT2D eigenvalue weighted by Gasteiger charge is 2.43. The minimum absolute atomic E-state index is 0.0364. The van der Waals surface area contributed by atoms with Crippen LogP contribution in [0.25, 0.3) is 0 Å². The van der Waals surface area contributed by atoms with Crippen molar-refractivity contribution < 1.29 is 18.0 Å². The van der Waals surface area contributed by atoms with Crippen LogP contribution in [0.1, 0.15) is 36.3 Å². The Balaban J connectivity index is 1.60. The van der Waals surface area contributed by atoms with Gasteiger partial charge in [-0.05, 0) is 30.4 Å². The lowest BCUT2D eigenvalue weighted by molar-refractivity contribution is -0.141. The first-order valence-corrected chi connectivity index (χ1v) is 8.73. The van der Waals surface area contributed by atoms with Crippen molar-refractivity contribution in [2.75, 3.05) is 6.54 Å². The normalized spacial score (nSPS) is 17.1. The maximum atomic E-state index is 12.7. The summed E-state index contributed by atoms with van der Waals surface area (Å²) in [6.07, 6.45) is 0.499. The summed E-state index contributed by atoms with van der Waals surface area (Å²) in [5.41, 5.74) is -1.39. The fraction of sp³-hybridized carbons (Fsp3) is 0.500. The van der Waals surface area contributed by atoms with Crippen LogP contribution in [-0.2, 0) is 22.9 Å². The standard InChI is InChI=1S/C16H18F3N3OS/c17-16(18,19)12-5-9-22(21-12)10-8-20-14(23)15(6-1-2-7-15)13-4-3-11-24-13/h3-5,9,11H,1-2,6-8,10H2,(H,20,23). The molecule has 1 amide bonds. The second kappa shape index (κ2) is 6.58. The number of carbonyl (C=O) groups excluding carboxylic acids is 1. The molecule has 0 atom stereocenters. The fourth-order valence-electron chi connectivity index (χ4n) is 3.21. The van der Waals surface area contributed by atoms with Gasteiger partial charge in [0.25, 0.3) is 0 Å². The summed E-state index contributed by atoms with van der Waals surface area (Å²) < 4.78 is 38.8. The van der Waals surface area contributed by atoms with E-state index >= 15 is 0 Å². The summed E-state index contributed by atoms with van der Waals surface area (Å²) in [5.74, 6) is -0.0364. The van der Waals surface area contributed by atoms with Gasteiger partial charge in [0, 0.05) is 17.6 Å². The Morgan fingerprint density at radius 1 is 1.33 bits per heavy atom. The molecule has 24 heavy (non-hydrogen) atoms. The first-order valence-electron chi connectivity index (χ1n) is 7.85. The zero-order valence-corrected chi connectivity index (χ0v) is 13.8. The van der Waals surface area contributed by atoms with Crippen molar-refractivity contribution in [2.24, 2.45) is 0 Å².